The van der Waals surface area contributed by atoms with E-state index in [1.54, 1.807) is 0 Å². The molecule has 176 valence electrons. The first-order valence-electron chi connectivity index (χ1n) is 11.3. The van der Waals surface area contributed by atoms with Gasteiger partial charge in [-0.05, 0) is 41.9 Å². The molecular weight excluding hydrogens is 378 g/mol. The molecule has 0 aliphatic carbocycles. The Morgan fingerprint density at radius 3 is 1.70 bits per heavy atom. The van der Waals surface area contributed by atoms with Crippen molar-refractivity contribution in [1.82, 2.24) is 16.0 Å². The van der Waals surface area contributed by atoms with Gasteiger partial charge in [0, 0.05) is 25.9 Å². The quantitative estimate of drug-likeness (QED) is 0.434. The van der Waals surface area contributed by atoms with E-state index in [4.69, 9.17) is 0 Å². The lowest BCUT2D eigenvalue weighted by Crippen LogP contribution is -2.48. The summed E-state index contributed by atoms with van der Waals surface area (Å²) < 4.78 is 0. The van der Waals surface area contributed by atoms with Crippen molar-refractivity contribution < 1.29 is 14.4 Å². The van der Waals surface area contributed by atoms with Gasteiger partial charge >= 0.3 is 0 Å². The van der Waals surface area contributed by atoms with Crippen molar-refractivity contribution in [3.8, 4) is 0 Å². The number of carbonyl (C=O) groups is 3. The van der Waals surface area contributed by atoms with Gasteiger partial charge in [0.05, 0.1) is 0 Å². The van der Waals surface area contributed by atoms with Crippen molar-refractivity contribution in [2.75, 3.05) is 13.1 Å². The number of carbonyl (C=O) groups excluding carboxylic acids is 3. The van der Waals surface area contributed by atoms with E-state index in [9.17, 15) is 14.4 Å². The highest BCUT2D eigenvalue weighted by molar-refractivity contribution is 5.87. The van der Waals surface area contributed by atoms with Crippen LogP contribution in [-0.2, 0) is 14.4 Å². The first-order chi connectivity index (χ1) is 13.5. The first kappa shape index (κ1) is 28.4. The normalized spacial score (nSPS) is 13.5. The lowest BCUT2D eigenvalue weighted by molar-refractivity contribution is -0.130. The van der Waals surface area contributed by atoms with E-state index in [2.05, 4.69) is 36.7 Å². The highest BCUT2D eigenvalue weighted by Gasteiger charge is 2.24. The second-order valence-corrected chi connectivity index (χ2v) is 12.0. The van der Waals surface area contributed by atoms with Crippen LogP contribution in [0.15, 0.2) is 0 Å². The lowest BCUT2D eigenvalue weighted by Gasteiger charge is -2.23. The van der Waals surface area contributed by atoms with E-state index in [1.165, 1.54) is 0 Å². The fourth-order valence-electron chi connectivity index (χ4n) is 2.93. The number of amides is 3. The standard InChI is InChI=1S/C24H47N3O3/c1-22(2,3)13-15-26-21(30)18(27-20(29)17-24(7,8)9)12-10-11-14-25-19(28)16-23(4,5)6/h18H,10-17H2,1-9H3,(H,25,28)(H,26,30)(H,27,29). The topological polar surface area (TPSA) is 87.3 Å². The van der Waals surface area contributed by atoms with E-state index in [0.717, 1.165) is 19.3 Å². The van der Waals surface area contributed by atoms with E-state index in [-0.39, 0.29) is 34.0 Å². The van der Waals surface area contributed by atoms with Crippen LogP contribution in [0.2, 0.25) is 0 Å². The molecule has 0 rings (SSSR count). The summed E-state index contributed by atoms with van der Waals surface area (Å²) >= 11 is 0. The van der Waals surface area contributed by atoms with Gasteiger partial charge in [-0.1, -0.05) is 62.3 Å². The number of unbranched alkanes of at least 4 members (excludes halogenated alkanes) is 1. The molecule has 0 bridgehead atoms. The minimum absolute atomic E-state index is 0.0301. The van der Waals surface area contributed by atoms with Crippen LogP contribution in [0, 0.1) is 16.2 Å². The van der Waals surface area contributed by atoms with Gasteiger partial charge in [0.2, 0.25) is 17.7 Å². The van der Waals surface area contributed by atoms with Crippen LogP contribution >= 0.6 is 0 Å². The Morgan fingerprint density at radius 2 is 1.20 bits per heavy atom. The van der Waals surface area contributed by atoms with Crippen molar-refractivity contribution in [3.05, 3.63) is 0 Å². The SMILES string of the molecule is CC(C)(C)CCNC(=O)C(CCCCNC(=O)CC(C)(C)C)NC(=O)CC(C)(C)C. The molecule has 0 saturated heterocycles. The Morgan fingerprint density at radius 1 is 0.667 bits per heavy atom. The predicted octanol–water partition coefficient (Wildman–Crippen LogP) is 4.18. The van der Waals surface area contributed by atoms with Crippen molar-refractivity contribution in [1.29, 1.82) is 0 Å². The van der Waals surface area contributed by atoms with Gasteiger partial charge < -0.3 is 16.0 Å². The third kappa shape index (κ3) is 17.3. The Hall–Kier alpha value is -1.59. The van der Waals surface area contributed by atoms with Crippen LogP contribution in [0.25, 0.3) is 0 Å². The van der Waals surface area contributed by atoms with Gasteiger partial charge in [-0.25, -0.2) is 0 Å². The van der Waals surface area contributed by atoms with Crippen LogP contribution in [0.3, 0.4) is 0 Å². The summed E-state index contributed by atoms with van der Waals surface area (Å²) in [5.74, 6) is -0.173. The molecular formula is C24H47N3O3. The smallest absolute Gasteiger partial charge is 0.242 e. The number of rotatable bonds is 11. The maximum Gasteiger partial charge on any atom is 0.242 e. The van der Waals surface area contributed by atoms with E-state index in [1.807, 2.05) is 41.5 Å². The second-order valence-electron chi connectivity index (χ2n) is 12.0. The first-order valence-corrected chi connectivity index (χ1v) is 11.3. The van der Waals surface area contributed by atoms with Crippen LogP contribution in [0.1, 0.15) is 101 Å². The van der Waals surface area contributed by atoms with Gasteiger partial charge in [0.1, 0.15) is 6.04 Å². The van der Waals surface area contributed by atoms with Crippen molar-refractivity contribution in [3.63, 3.8) is 0 Å². The molecule has 0 aromatic carbocycles. The molecule has 30 heavy (non-hydrogen) atoms. The maximum absolute atomic E-state index is 12.7. The van der Waals surface area contributed by atoms with Crippen LogP contribution in [0.4, 0.5) is 0 Å². The minimum atomic E-state index is -0.537. The van der Waals surface area contributed by atoms with Gasteiger partial charge in [-0.3, -0.25) is 14.4 Å². The average Bonchev–Trinajstić information content (AvgIpc) is 2.48. The van der Waals surface area contributed by atoms with Gasteiger partial charge in [0.25, 0.3) is 0 Å². The summed E-state index contributed by atoms with van der Waals surface area (Å²) in [6.45, 7) is 19.7. The van der Waals surface area contributed by atoms with Gasteiger partial charge in [-0.15, -0.1) is 0 Å². The number of nitrogens with one attached hydrogen (secondary N) is 3. The molecule has 0 aliphatic heterocycles. The summed E-state index contributed by atoms with van der Waals surface area (Å²) in [5.41, 5.74) is -0.0180. The van der Waals surface area contributed by atoms with Crippen LogP contribution in [0.5, 0.6) is 0 Å². The van der Waals surface area contributed by atoms with Gasteiger partial charge in [-0.2, -0.15) is 0 Å². The molecule has 0 aromatic heterocycles. The molecule has 0 radical (unpaired) electrons. The Labute approximate surface area is 184 Å². The van der Waals surface area contributed by atoms with Crippen molar-refractivity contribution in [2.24, 2.45) is 16.2 Å². The Bertz CT molecular complexity index is 552. The van der Waals surface area contributed by atoms with E-state index < -0.39 is 6.04 Å². The zero-order valence-corrected chi connectivity index (χ0v) is 21.0. The molecule has 1 atom stereocenters. The van der Waals surface area contributed by atoms with Gasteiger partial charge in [0.15, 0.2) is 0 Å². The Balaban J connectivity index is 4.59. The van der Waals surface area contributed by atoms with E-state index in [0.29, 0.717) is 32.4 Å². The molecule has 6 nitrogen and oxygen atoms in total. The molecule has 0 heterocycles. The fourth-order valence-corrected chi connectivity index (χ4v) is 2.93. The van der Waals surface area contributed by atoms with E-state index >= 15 is 0 Å². The molecule has 3 amide bonds. The molecule has 0 fully saturated rings. The molecule has 0 saturated carbocycles. The lowest BCUT2D eigenvalue weighted by atomic mass is 9.91. The number of hydrogen-bond acceptors (Lipinski definition) is 3. The second kappa shape index (κ2) is 12.3. The summed E-state index contributed by atoms with van der Waals surface area (Å²) in [7, 11) is 0. The third-order valence-electron chi connectivity index (χ3n) is 4.45. The summed E-state index contributed by atoms with van der Waals surface area (Å²) in [6.07, 6.45) is 3.84. The third-order valence-corrected chi connectivity index (χ3v) is 4.45. The summed E-state index contributed by atoms with van der Waals surface area (Å²) in [5, 5.41) is 8.82. The average molecular weight is 426 g/mol. The monoisotopic (exact) mass is 425 g/mol. The van der Waals surface area contributed by atoms with Crippen LogP contribution < -0.4 is 16.0 Å². The summed E-state index contributed by atoms with van der Waals surface area (Å²) in [6, 6.07) is -0.537. The molecule has 0 spiro atoms. The molecule has 3 N–H and O–H groups in total. The minimum Gasteiger partial charge on any atom is -0.356 e. The number of hydrogen-bond donors (Lipinski definition) is 3. The molecule has 0 aliphatic rings. The maximum atomic E-state index is 12.7. The van der Waals surface area contributed by atoms with Crippen molar-refractivity contribution >= 4 is 17.7 Å². The fraction of sp³-hybridized carbons (Fsp3) is 0.875. The highest BCUT2D eigenvalue weighted by Crippen LogP contribution is 2.19. The van der Waals surface area contributed by atoms with Crippen LogP contribution in [-0.4, -0.2) is 36.9 Å². The highest BCUT2D eigenvalue weighted by atomic mass is 16.2. The summed E-state index contributed by atoms with van der Waals surface area (Å²) in [4.78, 5) is 36.9. The van der Waals surface area contributed by atoms with Crippen molar-refractivity contribution in [2.45, 2.75) is 107 Å². The zero-order valence-electron chi connectivity index (χ0n) is 21.0. The largest absolute Gasteiger partial charge is 0.356 e. The zero-order chi connectivity index (χ0) is 23.6. The predicted molar refractivity (Wildman–Crippen MR) is 124 cm³/mol. The molecule has 0 aromatic rings. The molecule has 6 heteroatoms. The Kier molecular flexibility index (Phi) is 11.7. The molecule has 1 unspecified atom stereocenters.